The summed E-state index contributed by atoms with van der Waals surface area (Å²) in [5.41, 5.74) is 2.10. The van der Waals surface area contributed by atoms with Crippen molar-refractivity contribution in [2.45, 2.75) is 69.4 Å². The van der Waals surface area contributed by atoms with Gasteiger partial charge in [-0.1, -0.05) is 49.2 Å². The molecule has 36 heavy (non-hydrogen) atoms. The Hall–Kier alpha value is -2.57. The van der Waals surface area contributed by atoms with E-state index in [1.54, 1.807) is 12.1 Å². The fraction of sp³-hybridized carbons (Fsp3) is 0.533. The smallest absolute Gasteiger partial charge is 0.217 e. The highest BCUT2D eigenvalue weighted by Crippen LogP contribution is 2.40. The lowest BCUT2D eigenvalue weighted by Gasteiger charge is -2.45. The van der Waals surface area contributed by atoms with Crippen LogP contribution in [0.1, 0.15) is 68.6 Å². The van der Waals surface area contributed by atoms with Gasteiger partial charge in [0.2, 0.25) is 5.91 Å². The number of fused-ring (bicyclic) bond motifs is 1. The first-order valence-corrected chi connectivity index (χ1v) is 13.6. The lowest BCUT2D eigenvalue weighted by atomic mass is 9.72. The first-order chi connectivity index (χ1) is 17.4. The van der Waals surface area contributed by atoms with Crippen LogP contribution in [0.3, 0.4) is 0 Å². The molecule has 0 bridgehead atoms. The maximum Gasteiger partial charge on any atom is 0.217 e. The fourth-order valence-corrected chi connectivity index (χ4v) is 6.86. The van der Waals surface area contributed by atoms with Gasteiger partial charge in [-0.2, -0.15) is 0 Å². The van der Waals surface area contributed by atoms with Crippen LogP contribution in [0.2, 0.25) is 0 Å². The molecule has 3 aliphatic rings. The number of nitrogens with zero attached hydrogens (tertiary/aromatic N) is 1. The molecular formula is C30H38FN3O2. The summed E-state index contributed by atoms with van der Waals surface area (Å²) in [5.74, 6) is 0.132. The summed E-state index contributed by atoms with van der Waals surface area (Å²) in [6, 6.07) is 15.1. The van der Waals surface area contributed by atoms with Crippen molar-refractivity contribution in [1.29, 1.82) is 0 Å². The van der Waals surface area contributed by atoms with Crippen molar-refractivity contribution < 1.29 is 14.0 Å². The summed E-state index contributed by atoms with van der Waals surface area (Å²) in [6.45, 7) is 4.72. The number of Topliss-reactive ketones (excluding diaryl/α,β-unsaturated/α-hetero) is 1. The minimum absolute atomic E-state index is 0.100. The molecule has 2 fully saturated rings. The second-order valence-electron chi connectivity index (χ2n) is 11.0. The van der Waals surface area contributed by atoms with Crippen molar-refractivity contribution in [2.75, 3.05) is 26.2 Å². The van der Waals surface area contributed by atoms with Gasteiger partial charge in [-0.3, -0.25) is 9.59 Å². The number of carbonyl (C=O) groups excluding carboxylic acids is 2. The van der Waals surface area contributed by atoms with E-state index in [-0.39, 0.29) is 17.6 Å². The lowest BCUT2D eigenvalue weighted by Crippen LogP contribution is -2.57. The van der Waals surface area contributed by atoms with Crippen LogP contribution in [0.4, 0.5) is 4.39 Å². The molecule has 0 spiro atoms. The highest BCUT2D eigenvalue weighted by atomic mass is 19.1. The zero-order valence-electron chi connectivity index (χ0n) is 21.3. The second kappa shape index (κ2) is 10.4. The molecule has 0 aromatic heterocycles. The van der Waals surface area contributed by atoms with Crippen molar-refractivity contribution >= 4 is 11.7 Å². The van der Waals surface area contributed by atoms with Crippen molar-refractivity contribution in [3.63, 3.8) is 0 Å². The molecule has 2 N–H and O–H groups in total. The summed E-state index contributed by atoms with van der Waals surface area (Å²) >= 11 is 0. The van der Waals surface area contributed by atoms with Crippen LogP contribution in [0.5, 0.6) is 0 Å². The molecule has 6 heteroatoms. The summed E-state index contributed by atoms with van der Waals surface area (Å²) < 4.78 is 14.0. The van der Waals surface area contributed by atoms with E-state index in [1.807, 2.05) is 6.07 Å². The van der Waals surface area contributed by atoms with Crippen LogP contribution in [0.15, 0.2) is 48.5 Å². The van der Waals surface area contributed by atoms with Gasteiger partial charge < -0.3 is 15.5 Å². The topological polar surface area (TPSA) is 61.4 Å². The second-order valence-corrected chi connectivity index (χ2v) is 11.0. The van der Waals surface area contributed by atoms with Crippen LogP contribution in [-0.2, 0) is 27.1 Å². The first kappa shape index (κ1) is 25.1. The molecule has 1 unspecified atom stereocenters. The van der Waals surface area contributed by atoms with E-state index in [2.05, 4.69) is 39.8 Å². The Labute approximate surface area is 213 Å². The monoisotopic (exact) mass is 491 g/mol. The zero-order valence-corrected chi connectivity index (χ0v) is 21.3. The van der Waals surface area contributed by atoms with E-state index < -0.39 is 11.1 Å². The Balaban J connectivity index is 1.34. The molecule has 5 rings (SSSR count). The van der Waals surface area contributed by atoms with E-state index in [1.165, 1.54) is 18.6 Å². The minimum Gasteiger partial charge on any atom is -0.347 e. The van der Waals surface area contributed by atoms with Gasteiger partial charge in [-0.25, -0.2) is 4.39 Å². The maximum atomic E-state index is 14.0. The van der Waals surface area contributed by atoms with Gasteiger partial charge >= 0.3 is 0 Å². The van der Waals surface area contributed by atoms with E-state index in [9.17, 15) is 14.0 Å². The quantitative estimate of drug-likeness (QED) is 0.601. The molecule has 2 aromatic rings. The molecule has 1 saturated carbocycles. The Bertz CT molecular complexity index is 1100. The highest BCUT2D eigenvalue weighted by molar-refractivity contribution is 5.92. The predicted octanol–water partition coefficient (Wildman–Crippen LogP) is 4.44. The van der Waals surface area contributed by atoms with Gasteiger partial charge in [-0.15, -0.1) is 0 Å². The normalized spacial score (nSPS) is 24.3. The molecule has 1 atom stereocenters. The number of hydrogen-bond acceptors (Lipinski definition) is 4. The number of ketones is 1. The zero-order chi connectivity index (χ0) is 25.2. The average Bonchev–Trinajstić information content (AvgIpc) is 3.42. The van der Waals surface area contributed by atoms with E-state index >= 15 is 0 Å². The van der Waals surface area contributed by atoms with Crippen molar-refractivity contribution in [1.82, 2.24) is 15.5 Å². The summed E-state index contributed by atoms with van der Waals surface area (Å²) in [7, 11) is 0. The van der Waals surface area contributed by atoms with Gasteiger partial charge in [-0.05, 0) is 67.3 Å². The number of nitrogens with one attached hydrogen (secondary N) is 2. The van der Waals surface area contributed by atoms with Crippen molar-refractivity contribution in [2.24, 2.45) is 5.92 Å². The third-order valence-electron chi connectivity index (χ3n) is 8.75. The largest absolute Gasteiger partial charge is 0.347 e. The van der Waals surface area contributed by atoms with E-state index in [0.29, 0.717) is 18.6 Å². The number of carbonyl (C=O) groups is 2. The lowest BCUT2D eigenvalue weighted by molar-refractivity contribution is -0.131. The predicted molar refractivity (Wildman–Crippen MR) is 139 cm³/mol. The Morgan fingerprint density at radius 1 is 1.08 bits per heavy atom. The molecular weight excluding hydrogens is 453 g/mol. The molecule has 1 saturated heterocycles. The van der Waals surface area contributed by atoms with Crippen LogP contribution in [0, 0.1) is 11.7 Å². The van der Waals surface area contributed by atoms with Crippen LogP contribution < -0.4 is 10.6 Å². The number of rotatable bonds is 7. The van der Waals surface area contributed by atoms with Gasteiger partial charge in [0.25, 0.3) is 0 Å². The molecule has 5 nitrogen and oxygen atoms in total. The van der Waals surface area contributed by atoms with Gasteiger partial charge in [0.1, 0.15) is 11.4 Å². The molecule has 2 aromatic carbocycles. The highest BCUT2D eigenvalue weighted by Gasteiger charge is 2.46. The van der Waals surface area contributed by atoms with Crippen molar-refractivity contribution in [3.8, 4) is 0 Å². The third-order valence-corrected chi connectivity index (χ3v) is 8.75. The van der Waals surface area contributed by atoms with E-state index in [4.69, 9.17) is 0 Å². The number of amides is 1. The van der Waals surface area contributed by atoms with Crippen LogP contribution >= 0.6 is 0 Å². The minimum atomic E-state index is -0.626. The number of likely N-dealkylation sites (tertiary alicyclic amines) is 1. The Morgan fingerprint density at radius 2 is 1.83 bits per heavy atom. The van der Waals surface area contributed by atoms with Gasteiger partial charge in [0.15, 0.2) is 5.78 Å². The molecule has 192 valence electrons. The standard InChI is InChI=1S/C30H38FN3O2/c1-22(35)33-29(25-10-6-11-26(31)21-25)14-18-34(19-15-29)20-16-30(28(36)24-8-2-3-9-24)27-12-5-4-7-23(27)13-17-32-30/h4-7,10-12,21,24,32H,2-3,8-9,13-20H2,1H3,(H,33,35). The maximum absolute atomic E-state index is 14.0. The number of piperidine rings is 1. The molecule has 2 heterocycles. The number of halogens is 1. The average molecular weight is 492 g/mol. The Kier molecular flexibility index (Phi) is 7.27. The van der Waals surface area contributed by atoms with Gasteiger partial charge in [0, 0.05) is 39.0 Å². The van der Waals surface area contributed by atoms with Crippen molar-refractivity contribution in [3.05, 3.63) is 71.0 Å². The summed E-state index contributed by atoms with van der Waals surface area (Å²) in [5, 5.41) is 6.85. The summed E-state index contributed by atoms with van der Waals surface area (Å²) in [4.78, 5) is 28.5. The number of benzene rings is 2. The molecule has 1 aliphatic carbocycles. The molecule has 0 radical (unpaired) electrons. The fourth-order valence-electron chi connectivity index (χ4n) is 6.86. The SMILES string of the molecule is CC(=O)NC1(c2cccc(F)c2)CCN(CCC2(C(=O)C3CCCC3)NCCc3ccccc32)CC1. The molecule has 1 amide bonds. The van der Waals surface area contributed by atoms with E-state index in [0.717, 1.165) is 75.8 Å². The van der Waals surface area contributed by atoms with Crippen LogP contribution in [0.25, 0.3) is 0 Å². The first-order valence-electron chi connectivity index (χ1n) is 13.6. The third kappa shape index (κ3) is 4.85. The summed E-state index contributed by atoms with van der Waals surface area (Å²) in [6.07, 6.45) is 7.41. The van der Waals surface area contributed by atoms with Gasteiger partial charge in [0.05, 0.1) is 5.54 Å². The Morgan fingerprint density at radius 3 is 2.56 bits per heavy atom. The van der Waals surface area contributed by atoms with Crippen LogP contribution in [-0.4, -0.2) is 42.8 Å². The number of hydrogen-bond donors (Lipinski definition) is 2. The molecule has 2 aliphatic heterocycles.